The molecule has 6 N–H and O–H groups in total. The van der Waals surface area contributed by atoms with Gasteiger partial charge >= 0.3 is 0 Å². The first-order chi connectivity index (χ1) is 24.0. The molecule has 2 heterocycles. The Labute approximate surface area is 298 Å². The van der Waals surface area contributed by atoms with E-state index in [1.807, 2.05) is 62.6 Å². The molecule has 7 heteroatoms. The van der Waals surface area contributed by atoms with Crippen LogP contribution in [0, 0.1) is 29.1 Å². The number of benzene rings is 1. The van der Waals surface area contributed by atoms with Crippen LogP contribution in [-0.4, -0.2) is 52.6 Å². The number of rotatable bonds is 7. The predicted molar refractivity (Wildman–Crippen MR) is 200 cm³/mol. The summed E-state index contributed by atoms with van der Waals surface area (Å²) < 4.78 is 6.06. The molecule has 2 saturated carbocycles. The molecule has 0 amide bonds. The number of Topliss-reactive ketones (excluding diaryl/α,β-unsaturated/α-hetero) is 1. The first kappa shape index (κ1) is 37.7. The highest BCUT2D eigenvalue weighted by atomic mass is 16.5. The van der Waals surface area contributed by atoms with Gasteiger partial charge in [0.2, 0.25) is 0 Å². The summed E-state index contributed by atoms with van der Waals surface area (Å²) in [5.74, 6) is 5.83. The molecule has 1 aromatic rings. The Hall–Kier alpha value is -3.51. The van der Waals surface area contributed by atoms with E-state index in [4.69, 9.17) is 10.5 Å². The van der Waals surface area contributed by atoms with Crippen molar-refractivity contribution in [1.82, 2.24) is 5.32 Å². The molecule has 2 fully saturated rings. The minimum Gasteiger partial charge on any atom is -0.396 e. The highest BCUT2D eigenvalue weighted by Crippen LogP contribution is 2.63. The maximum absolute atomic E-state index is 14.1. The molecule has 50 heavy (non-hydrogen) atoms. The molecule has 6 atom stereocenters. The van der Waals surface area contributed by atoms with E-state index in [1.54, 1.807) is 0 Å². The first-order valence-corrected chi connectivity index (χ1v) is 18.3. The Bertz CT molecular complexity index is 1650. The normalized spacial score (nSPS) is 34.1. The van der Waals surface area contributed by atoms with Gasteiger partial charge in [0, 0.05) is 30.8 Å². The van der Waals surface area contributed by atoms with Crippen molar-refractivity contribution in [3.8, 4) is 11.8 Å². The maximum atomic E-state index is 14.1. The quantitative estimate of drug-likeness (QED) is 0.126. The molecule has 1 aromatic carbocycles. The third-order valence-corrected chi connectivity index (χ3v) is 11.7. The fourth-order valence-corrected chi connectivity index (χ4v) is 8.85. The number of hydrogen-bond donors (Lipinski definition) is 5. The van der Waals surface area contributed by atoms with Gasteiger partial charge in [-0.25, -0.2) is 0 Å². The molecule has 0 saturated heterocycles. The van der Waals surface area contributed by atoms with Gasteiger partial charge in [0.25, 0.3) is 0 Å². The Morgan fingerprint density at radius 3 is 2.82 bits per heavy atom. The van der Waals surface area contributed by atoms with Crippen LogP contribution in [0.5, 0.6) is 0 Å². The monoisotopic (exact) mass is 680 g/mol. The van der Waals surface area contributed by atoms with E-state index >= 15 is 0 Å². The summed E-state index contributed by atoms with van der Waals surface area (Å²) in [6.45, 7) is 10.7. The summed E-state index contributed by atoms with van der Waals surface area (Å²) in [5.41, 5.74) is 12.0. The topological polar surface area (TPSA) is 125 Å². The second-order valence-corrected chi connectivity index (χ2v) is 14.8. The fraction of sp³-hybridized carbons (Fsp3) is 0.512. The predicted octanol–water partition coefficient (Wildman–Crippen LogP) is 6.53. The van der Waals surface area contributed by atoms with Crippen LogP contribution in [0.1, 0.15) is 101 Å². The lowest BCUT2D eigenvalue weighted by atomic mass is 9.52. The van der Waals surface area contributed by atoms with Crippen LogP contribution in [0.3, 0.4) is 0 Å². The lowest BCUT2D eigenvalue weighted by molar-refractivity contribution is -0.167. The summed E-state index contributed by atoms with van der Waals surface area (Å²) in [6.07, 6.45) is 16.9. The van der Waals surface area contributed by atoms with Gasteiger partial charge in [0.05, 0.1) is 18.3 Å². The van der Waals surface area contributed by atoms with Gasteiger partial charge in [0.15, 0.2) is 5.78 Å². The van der Waals surface area contributed by atoms with Crippen molar-refractivity contribution in [2.45, 2.75) is 103 Å². The average molecular weight is 681 g/mol. The number of nitrogens with one attached hydrogen (secondary N) is 1. The van der Waals surface area contributed by atoms with E-state index < -0.39 is 17.1 Å². The molecule has 7 nitrogen and oxygen atoms in total. The second kappa shape index (κ2) is 16.7. The van der Waals surface area contributed by atoms with Crippen LogP contribution in [0.2, 0.25) is 0 Å². The van der Waals surface area contributed by atoms with E-state index in [0.29, 0.717) is 63.7 Å². The summed E-state index contributed by atoms with van der Waals surface area (Å²) in [7, 11) is 0. The fourth-order valence-electron chi connectivity index (χ4n) is 8.85. The number of fused-ring (bicyclic) bond motifs is 1. The van der Waals surface area contributed by atoms with Crippen molar-refractivity contribution in [3.63, 3.8) is 0 Å². The zero-order chi connectivity index (χ0) is 35.9. The molecule has 0 radical (unpaired) electrons. The van der Waals surface area contributed by atoms with Crippen LogP contribution in [0.15, 0.2) is 83.1 Å². The standard InChI is InChI=1S/C43H56N2O5/c1-29-11-5-6-26-50-28-33(16-8-14-30(2)13-7-12-29)36-20-23-43(40(36)48)38(18-10-25-46)34(19-22-42(43,4)49)31(3)39(47)27-32-15-9-17-37-35(32)21-24-45-41(37)44/h8-9,12,14-17,21,24,36,38,40-41,45-46,48-49H,2,7,10-11,13,18-20,22-23,25-28,44H2,1,3-4H3/b14-8+,29-12+,33-16-,34-31+/t36-,38-,40-,41-,42-,43-/m1/s1. The number of ketones is 1. The minimum atomic E-state index is -1.18. The highest BCUT2D eigenvalue weighted by molar-refractivity contribution is 5.97. The third kappa shape index (κ3) is 8.01. The number of allylic oxidation sites excluding steroid dienone is 8. The lowest BCUT2D eigenvalue weighted by Crippen LogP contribution is -2.59. The number of aliphatic hydroxyl groups excluding tert-OH is 2. The summed E-state index contributed by atoms with van der Waals surface area (Å²) >= 11 is 0. The molecular formula is C43H56N2O5. The van der Waals surface area contributed by atoms with Crippen LogP contribution in [0.25, 0.3) is 6.08 Å². The molecule has 2 aliphatic heterocycles. The van der Waals surface area contributed by atoms with Crippen LogP contribution >= 0.6 is 0 Å². The molecule has 4 aliphatic rings. The van der Waals surface area contributed by atoms with Gasteiger partial charge in [-0.3, -0.25) is 4.79 Å². The van der Waals surface area contributed by atoms with Gasteiger partial charge < -0.3 is 31.1 Å². The SMILES string of the molecule is C=C1/C=C/C=C(\[C@H]2CC[C@@]3([C@H](CCCO)/C(=C(\C)C(=O)Cc4cccc5c4C=CN[C@H]5N)CC[C@@]3(C)O)[C@@H]2O)COCC#CC/C(C)=C/CC1. The highest BCUT2D eigenvalue weighted by Gasteiger charge is 2.64. The summed E-state index contributed by atoms with van der Waals surface area (Å²) in [5, 5.41) is 37.9. The number of nitrogens with two attached hydrogens (primary N) is 1. The van der Waals surface area contributed by atoms with Crippen molar-refractivity contribution < 1.29 is 24.9 Å². The van der Waals surface area contributed by atoms with E-state index in [-0.39, 0.29) is 36.8 Å². The number of carbonyl (C=O) groups excluding carboxylic acids is 1. The Morgan fingerprint density at radius 1 is 1.20 bits per heavy atom. The first-order valence-electron chi connectivity index (χ1n) is 18.3. The van der Waals surface area contributed by atoms with Crippen LogP contribution in [0.4, 0.5) is 0 Å². The second-order valence-electron chi connectivity index (χ2n) is 14.8. The van der Waals surface area contributed by atoms with E-state index in [0.717, 1.165) is 46.3 Å². The van der Waals surface area contributed by atoms with Crippen LogP contribution in [-0.2, 0) is 16.0 Å². The average Bonchev–Trinajstić information content (AvgIpc) is 3.43. The van der Waals surface area contributed by atoms with Gasteiger partial charge in [-0.2, -0.15) is 0 Å². The van der Waals surface area contributed by atoms with Gasteiger partial charge in [-0.15, -0.1) is 0 Å². The molecule has 2 aliphatic carbocycles. The van der Waals surface area contributed by atoms with E-state index in [9.17, 15) is 20.1 Å². The van der Waals surface area contributed by atoms with Crippen molar-refractivity contribution in [2.24, 2.45) is 23.0 Å². The van der Waals surface area contributed by atoms with Crippen molar-refractivity contribution >= 4 is 11.9 Å². The van der Waals surface area contributed by atoms with E-state index in [1.165, 1.54) is 5.57 Å². The van der Waals surface area contributed by atoms with Crippen molar-refractivity contribution in [3.05, 3.63) is 99.8 Å². The minimum absolute atomic E-state index is 0.00491. The molecule has 0 aromatic heterocycles. The Kier molecular flexibility index (Phi) is 12.6. The smallest absolute Gasteiger partial charge is 0.162 e. The van der Waals surface area contributed by atoms with Crippen molar-refractivity contribution in [2.75, 3.05) is 19.8 Å². The number of hydrogen-bond acceptors (Lipinski definition) is 7. The number of aliphatic hydroxyl groups is 3. The number of ether oxygens (including phenoxy) is 1. The Balaban J connectivity index is 1.47. The van der Waals surface area contributed by atoms with E-state index in [2.05, 4.69) is 36.7 Å². The molecular weight excluding hydrogens is 624 g/mol. The van der Waals surface area contributed by atoms with Gasteiger partial charge in [0.1, 0.15) is 12.8 Å². The third-order valence-electron chi connectivity index (χ3n) is 11.7. The van der Waals surface area contributed by atoms with Gasteiger partial charge in [-0.1, -0.05) is 77.6 Å². The molecule has 268 valence electrons. The van der Waals surface area contributed by atoms with Gasteiger partial charge in [-0.05, 0) is 118 Å². The molecule has 1 spiro atoms. The zero-order valence-corrected chi connectivity index (χ0v) is 30.1. The maximum Gasteiger partial charge on any atom is 0.162 e. The lowest BCUT2D eigenvalue weighted by Gasteiger charge is -2.55. The van der Waals surface area contributed by atoms with Crippen molar-refractivity contribution in [1.29, 1.82) is 0 Å². The summed E-state index contributed by atoms with van der Waals surface area (Å²) in [6, 6.07) is 5.91. The largest absolute Gasteiger partial charge is 0.396 e. The molecule has 0 bridgehead atoms. The zero-order valence-electron chi connectivity index (χ0n) is 30.1. The van der Waals surface area contributed by atoms with Crippen LogP contribution < -0.4 is 11.1 Å². The molecule has 0 unspecified atom stereocenters. The molecule has 5 rings (SSSR count). The number of carbonyl (C=O) groups is 1. The summed E-state index contributed by atoms with van der Waals surface area (Å²) in [4.78, 5) is 14.1. The Morgan fingerprint density at radius 2 is 2.02 bits per heavy atom.